The van der Waals surface area contributed by atoms with Crippen LogP contribution in [0.5, 0.6) is 0 Å². The molecule has 0 aliphatic carbocycles. The summed E-state index contributed by atoms with van der Waals surface area (Å²) >= 11 is 0. The molecule has 1 aromatic heterocycles. The van der Waals surface area contributed by atoms with Crippen LogP contribution in [0.4, 0.5) is 0 Å². The van der Waals surface area contributed by atoms with Crippen molar-refractivity contribution in [2.75, 3.05) is 13.1 Å². The highest BCUT2D eigenvalue weighted by atomic mass is 16.2. The highest BCUT2D eigenvalue weighted by molar-refractivity contribution is 5.92. The van der Waals surface area contributed by atoms with Gasteiger partial charge in [0.2, 0.25) is 0 Å². The zero-order chi connectivity index (χ0) is 13.3. The molecular formula is C13H22N4O. The van der Waals surface area contributed by atoms with Crippen LogP contribution in [0.1, 0.15) is 36.5 Å². The van der Waals surface area contributed by atoms with Crippen LogP contribution in [-0.4, -0.2) is 39.7 Å². The minimum Gasteiger partial charge on any atom is -0.337 e. The Morgan fingerprint density at radius 2 is 2.33 bits per heavy atom. The second kappa shape index (κ2) is 5.10. The van der Waals surface area contributed by atoms with Crippen molar-refractivity contribution < 1.29 is 4.79 Å². The van der Waals surface area contributed by atoms with Crippen LogP contribution in [-0.2, 0) is 13.5 Å². The highest BCUT2D eigenvalue weighted by Crippen LogP contribution is 2.17. The van der Waals surface area contributed by atoms with Gasteiger partial charge in [-0.15, -0.1) is 0 Å². The fraction of sp³-hybridized carbons (Fsp3) is 0.692. The molecule has 0 bridgehead atoms. The summed E-state index contributed by atoms with van der Waals surface area (Å²) < 4.78 is 1.68. The number of nitrogens with two attached hydrogens (primary N) is 1. The first-order valence-electron chi connectivity index (χ1n) is 6.60. The van der Waals surface area contributed by atoms with Crippen LogP contribution in [0.15, 0.2) is 6.07 Å². The molecular weight excluding hydrogens is 228 g/mol. The molecule has 18 heavy (non-hydrogen) atoms. The van der Waals surface area contributed by atoms with Crippen molar-refractivity contribution in [2.45, 2.75) is 32.7 Å². The fourth-order valence-corrected chi connectivity index (χ4v) is 2.41. The standard InChI is InChI=1S/C13H22N4O/c1-4-10-7-12(16(3)15-10)13(18)17-6-5-11(14)9(2)8-17/h7,9,11H,4-6,8,14H2,1-3H3. The molecule has 2 rings (SSSR count). The molecule has 5 nitrogen and oxygen atoms in total. The largest absolute Gasteiger partial charge is 0.337 e. The molecule has 2 heterocycles. The molecule has 1 aliphatic heterocycles. The maximum atomic E-state index is 12.4. The Labute approximate surface area is 108 Å². The molecule has 2 atom stereocenters. The minimum absolute atomic E-state index is 0.0726. The van der Waals surface area contributed by atoms with Gasteiger partial charge in [0, 0.05) is 26.2 Å². The Bertz CT molecular complexity index is 440. The van der Waals surface area contributed by atoms with E-state index in [0.717, 1.165) is 31.6 Å². The molecule has 0 spiro atoms. The zero-order valence-corrected chi connectivity index (χ0v) is 11.4. The van der Waals surface area contributed by atoms with E-state index < -0.39 is 0 Å². The molecule has 0 saturated carbocycles. The summed E-state index contributed by atoms with van der Waals surface area (Å²) in [4.78, 5) is 14.3. The fourth-order valence-electron chi connectivity index (χ4n) is 2.41. The molecule has 1 aromatic rings. The van der Waals surface area contributed by atoms with Gasteiger partial charge in [0.1, 0.15) is 5.69 Å². The number of rotatable bonds is 2. The predicted molar refractivity (Wildman–Crippen MR) is 70.2 cm³/mol. The smallest absolute Gasteiger partial charge is 0.272 e. The van der Waals surface area contributed by atoms with Crippen molar-refractivity contribution in [1.82, 2.24) is 14.7 Å². The van der Waals surface area contributed by atoms with Gasteiger partial charge in [-0.05, 0) is 24.8 Å². The predicted octanol–water partition coefficient (Wildman–Crippen LogP) is 0.792. The van der Waals surface area contributed by atoms with Crippen molar-refractivity contribution in [1.29, 1.82) is 0 Å². The highest BCUT2D eigenvalue weighted by Gasteiger charge is 2.28. The van der Waals surface area contributed by atoms with Crippen molar-refractivity contribution in [3.63, 3.8) is 0 Å². The van der Waals surface area contributed by atoms with Crippen LogP contribution < -0.4 is 5.73 Å². The molecule has 0 aromatic carbocycles. The summed E-state index contributed by atoms with van der Waals surface area (Å²) in [6.07, 6.45) is 1.73. The zero-order valence-electron chi connectivity index (χ0n) is 11.4. The lowest BCUT2D eigenvalue weighted by Gasteiger charge is -2.35. The summed E-state index contributed by atoms with van der Waals surface area (Å²) in [5.74, 6) is 0.435. The lowest BCUT2D eigenvalue weighted by atomic mass is 9.94. The lowest BCUT2D eigenvalue weighted by molar-refractivity contribution is 0.0653. The van der Waals surface area contributed by atoms with Crippen LogP contribution in [0.3, 0.4) is 0 Å². The first-order chi connectivity index (χ1) is 8.52. The van der Waals surface area contributed by atoms with Crippen molar-refractivity contribution in [3.05, 3.63) is 17.5 Å². The van der Waals surface area contributed by atoms with E-state index in [9.17, 15) is 4.79 Å². The average molecular weight is 250 g/mol. The Kier molecular flexibility index (Phi) is 3.71. The number of nitrogens with zero attached hydrogens (tertiary/aromatic N) is 3. The molecule has 1 aliphatic rings. The molecule has 0 radical (unpaired) electrons. The third kappa shape index (κ3) is 2.41. The minimum atomic E-state index is 0.0726. The molecule has 1 fully saturated rings. The van der Waals surface area contributed by atoms with Gasteiger partial charge >= 0.3 is 0 Å². The monoisotopic (exact) mass is 250 g/mol. The Balaban J connectivity index is 2.13. The van der Waals surface area contributed by atoms with Gasteiger partial charge < -0.3 is 10.6 Å². The topological polar surface area (TPSA) is 64.2 Å². The van der Waals surface area contributed by atoms with Crippen molar-refractivity contribution in [2.24, 2.45) is 18.7 Å². The first-order valence-corrected chi connectivity index (χ1v) is 6.60. The van der Waals surface area contributed by atoms with E-state index in [-0.39, 0.29) is 11.9 Å². The van der Waals surface area contributed by atoms with E-state index in [2.05, 4.69) is 12.0 Å². The van der Waals surface area contributed by atoms with E-state index >= 15 is 0 Å². The van der Waals surface area contributed by atoms with E-state index in [1.165, 1.54) is 0 Å². The Morgan fingerprint density at radius 1 is 1.61 bits per heavy atom. The second-order valence-corrected chi connectivity index (χ2v) is 5.18. The average Bonchev–Trinajstić information content (AvgIpc) is 2.73. The quantitative estimate of drug-likeness (QED) is 0.844. The van der Waals surface area contributed by atoms with E-state index in [0.29, 0.717) is 11.6 Å². The van der Waals surface area contributed by atoms with Crippen LogP contribution in [0.25, 0.3) is 0 Å². The van der Waals surface area contributed by atoms with Gasteiger partial charge in [-0.2, -0.15) is 5.10 Å². The van der Waals surface area contributed by atoms with Gasteiger partial charge in [0.15, 0.2) is 0 Å². The number of piperidine rings is 1. The third-order valence-corrected chi connectivity index (χ3v) is 3.77. The number of aryl methyl sites for hydroxylation is 2. The third-order valence-electron chi connectivity index (χ3n) is 3.77. The summed E-state index contributed by atoms with van der Waals surface area (Å²) in [6.45, 7) is 5.63. The first kappa shape index (κ1) is 13.1. The maximum Gasteiger partial charge on any atom is 0.272 e. The summed E-state index contributed by atoms with van der Waals surface area (Å²) in [6, 6.07) is 2.11. The Morgan fingerprint density at radius 3 is 2.89 bits per heavy atom. The van der Waals surface area contributed by atoms with Gasteiger partial charge in [0.25, 0.3) is 5.91 Å². The van der Waals surface area contributed by atoms with Gasteiger partial charge in [-0.25, -0.2) is 0 Å². The number of hydrogen-bond acceptors (Lipinski definition) is 3. The number of amides is 1. The van der Waals surface area contributed by atoms with Gasteiger partial charge in [-0.1, -0.05) is 13.8 Å². The summed E-state index contributed by atoms with van der Waals surface area (Å²) in [5, 5.41) is 4.32. The summed E-state index contributed by atoms with van der Waals surface area (Å²) in [7, 11) is 1.82. The van der Waals surface area contributed by atoms with Crippen LogP contribution in [0.2, 0.25) is 0 Å². The van der Waals surface area contributed by atoms with Gasteiger partial charge in [-0.3, -0.25) is 9.48 Å². The lowest BCUT2D eigenvalue weighted by Crippen LogP contribution is -2.48. The van der Waals surface area contributed by atoms with Crippen LogP contribution in [0, 0.1) is 5.92 Å². The number of likely N-dealkylation sites (tertiary alicyclic amines) is 1. The molecule has 1 saturated heterocycles. The normalized spacial score (nSPS) is 24.3. The molecule has 2 N–H and O–H groups in total. The van der Waals surface area contributed by atoms with Crippen molar-refractivity contribution in [3.8, 4) is 0 Å². The van der Waals surface area contributed by atoms with Crippen molar-refractivity contribution >= 4 is 5.91 Å². The number of hydrogen-bond donors (Lipinski definition) is 1. The second-order valence-electron chi connectivity index (χ2n) is 5.18. The molecule has 2 unspecified atom stereocenters. The SMILES string of the molecule is CCc1cc(C(=O)N2CCC(N)C(C)C2)n(C)n1. The van der Waals surface area contributed by atoms with E-state index in [1.807, 2.05) is 24.9 Å². The number of carbonyl (C=O) groups is 1. The number of carbonyl (C=O) groups excluding carboxylic acids is 1. The van der Waals surface area contributed by atoms with E-state index in [4.69, 9.17) is 5.73 Å². The molecule has 100 valence electrons. The van der Waals surface area contributed by atoms with Crippen LogP contribution >= 0.6 is 0 Å². The number of aromatic nitrogens is 2. The Hall–Kier alpha value is -1.36. The summed E-state index contributed by atoms with van der Waals surface area (Å²) in [5.41, 5.74) is 7.62. The maximum absolute atomic E-state index is 12.4. The van der Waals surface area contributed by atoms with Gasteiger partial charge in [0.05, 0.1) is 5.69 Å². The molecule has 1 amide bonds. The van der Waals surface area contributed by atoms with E-state index in [1.54, 1.807) is 4.68 Å². The molecule has 5 heteroatoms.